The van der Waals surface area contributed by atoms with Crippen molar-refractivity contribution in [3.05, 3.63) is 59.4 Å². The molecule has 0 aliphatic carbocycles. The van der Waals surface area contributed by atoms with Crippen LogP contribution in [0.5, 0.6) is 0 Å². The molecule has 0 aliphatic heterocycles. The van der Waals surface area contributed by atoms with E-state index in [1.165, 1.54) is 31.4 Å². The average Bonchev–Trinajstić information content (AvgIpc) is 2.80. The van der Waals surface area contributed by atoms with E-state index in [1.54, 1.807) is 25.1 Å². The number of amides is 1. The van der Waals surface area contributed by atoms with Crippen LogP contribution >= 0.6 is 11.6 Å². The molecule has 2 aromatic carbocycles. The SMILES string of the molecule is COC(=O)C(CC(C)C)NC(=O)CCCC(C)N(c1cc(Cl)ccc1F)S(=O)(=O)c1ccccc1. The molecule has 0 bridgehead atoms. The van der Waals surface area contributed by atoms with Gasteiger partial charge in [-0.05, 0) is 62.4 Å². The van der Waals surface area contributed by atoms with Crippen LogP contribution in [0.2, 0.25) is 5.02 Å². The van der Waals surface area contributed by atoms with Crippen LogP contribution in [0.25, 0.3) is 0 Å². The van der Waals surface area contributed by atoms with Gasteiger partial charge in [-0.1, -0.05) is 43.6 Å². The number of rotatable bonds is 12. The molecule has 0 aliphatic rings. The zero-order valence-electron chi connectivity index (χ0n) is 20.3. The van der Waals surface area contributed by atoms with Crippen LogP contribution < -0.4 is 9.62 Å². The maximum atomic E-state index is 14.8. The molecule has 192 valence electrons. The molecule has 7 nitrogen and oxygen atoms in total. The first-order chi connectivity index (χ1) is 16.5. The largest absolute Gasteiger partial charge is 0.467 e. The van der Waals surface area contributed by atoms with Crippen molar-refractivity contribution in [2.24, 2.45) is 5.92 Å². The number of halogens is 2. The van der Waals surface area contributed by atoms with Crippen LogP contribution in [0.15, 0.2) is 53.4 Å². The second-order valence-electron chi connectivity index (χ2n) is 8.72. The summed E-state index contributed by atoms with van der Waals surface area (Å²) in [4.78, 5) is 24.4. The number of sulfonamides is 1. The van der Waals surface area contributed by atoms with Gasteiger partial charge in [-0.2, -0.15) is 0 Å². The van der Waals surface area contributed by atoms with Crippen molar-refractivity contribution in [1.29, 1.82) is 0 Å². The van der Waals surface area contributed by atoms with E-state index in [2.05, 4.69) is 5.32 Å². The van der Waals surface area contributed by atoms with Gasteiger partial charge in [0, 0.05) is 17.5 Å². The van der Waals surface area contributed by atoms with E-state index < -0.39 is 33.9 Å². The molecule has 0 fully saturated rings. The number of methoxy groups -OCH3 is 1. The Morgan fingerprint density at radius 2 is 1.77 bits per heavy atom. The van der Waals surface area contributed by atoms with Gasteiger partial charge >= 0.3 is 5.97 Å². The number of hydrogen-bond acceptors (Lipinski definition) is 5. The second-order valence-corrected chi connectivity index (χ2v) is 11.0. The molecule has 0 saturated carbocycles. The van der Waals surface area contributed by atoms with Crippen molar-refractivity contribution in [2.45, 2.75) is 63.4 Å². The van der Waals surface area contributed by atoms with Gasteiger partial charge in [0.2, 0.25) is 5.91 Å². The fraction of sp³-hybridized carbons (Fsp3) is 0.440. The van der Waals surface area contributed by atoms with Crippen LogP contribution in [-0.4, -0.2) is 39.5 Å². The van der Waals surface area contributed by atoms with Crippen LogP contribution in [0.4, 0.5) is 10.1 Å². The molecule has 0 saturated heterocycles. The van der Waals surface area contributed by atoms with Gasteiger partial charge < -0.3 is 10.1 Å². The summed E-state index contributed by atoms with van der Waals surface area (Å²) >= 11 is 6.05. The van der Waals surface area contributed by atoms with Gasteiger partial charge in [-0.15, -0.1) is 0 Å². The summed E-state index contributed by atoms with van der Waals surface area (Å²) in [5.41, 5.74) is -0.166. The molecule has 2 atom stereocenters. The minimum Gasteiger partial charge on any atom is -0.467 e. The first-order valence-electron chi connectivity index (χ1n) is 11.4. The highest BCUT2D eigenvalue weighted by atomic mass is 35.5. The van der Waals surface area contributed by atoms with Gasteiger partial charge in [-0.3, -0.25) is 9.10 Å². The topological polar surface area (TPSA) is 92.8 Å². The van der Waals surface area contributed by atoms with Gasteiger partial charge in [0.25, 0.3) is 10.0 Å². The fourth-order valence-electron chi connectivity index (χ4n) is 3.73. The third-order valence-corrected chi connectivity index (χ3v) is 7.58. The summed E-state index contributed by atoms with van der Waals surface area (Å²) in [5, 5.41) is 2.88. The predicted octanol–water partition coefficient (Wildman–Crippen LogP) is 4.94. The fourth-order valence-corrected chi connectivity index (χ4v) is 5.61. The highest BCUT2D eigenvalue weighted by Gasteiger charge is 2.31. The van der Waals surface area contributed by atoms with Crippen LogP contribution in [0.3, 0.4) is 0 Å². The number of nitrogens with zero attached hydrogens (tertiary/aromatic N) is 1. The van der Waals surface area contributed by atoms with Crippen molar-refractivity contribution >= 4 is 39.2 Å². The Kier molecular flexibility index (Phi) is 10.5. The van der Waals surface area contributed by atoms with E-state index in [9.17, 15) is 22.4 Å². The molecule has 0 heterocycles. The van der Waals surface area contributed by atoms with Gasteiger partial charge in [-0.25, -0.2) is 17.6 Å². The first kappa shape index (κ1) is 28.6. The maximum Gasteiger partial charge on any atom is 0.328 e. The summed E-state index contributed by atoms with van der Waals surface area (Å²) in [7, 11) is -2.85. The van der Waals surface area contributed by atoms with E-state index in [-0.39, 0.29) is 40.3 Å². The maximum absolute atomic E-state index is 14.8. The molecule has 2 aromatic rings. The first-order valence-corrected chi connectivity index (χ1v) is 13.2. The number of esters is 1. The highest BCUT2D eigenvalue weighted by Crippen LogP contribution is 2.32. The standard InChI is InChI=1S/C25H32ClFN2O5S/c1-17(2)15-22(25(31)34-4)28-24(30)12-8-9-18(3)29(23-16-19(26)13-14-21(23)27)35(32,33)20-10-6-5-7-11-20/h5-7,10-11,13-14,16-18,22H,8-9,12,15H2,1-4H3,(H,28,30). The zero-order chi connectivity index (χ0) is 26.2. The summed E-state index contributed by atoms with van der Waals surface area (Å²) in [6, 6.07) is 10.0. The van der Waals surface area contributed by atoms with Crippen molar-refractivity contribution in [3.63, 3.8) is 0 Å². The molecule has 2 rings (SSSR count). The van der Waals surface area contributed by atoms with E-state index >= 15 is 0 Å². The smallest absolute Gasteiger partial charge is 0.328 e. The van der Waals surface area contributed by atoms with E-state index in [1.807, 2.05) is 13.8 Å². The number of nitrogens with one attached hydrogen (secondary N) is 1. The molecular weight excluding hydrogens is 495 g/mol. The van der Waals surface area contributed by atoms with E-state index in [4.69, 9.17) is 16.3 Å². The van der Waals surface area contributed by atoms with Crippen molar-refractivity contribution in [3.8, 4) is 0 Å². The third kappa shape index (κ3) is 7.93. The molecule has 1 N–H and O–H groups in total. The molecule has 0 radical (unpaired) electrons. The third-order valence-electron chi connectivity index (χ3n) is 5.40. The van der Waals surface area contributed by atoms with Gasteiger partial charge in [0.15, 0.2) is 0 Å². The highest BCUT2D eigenvalue weighted by molar-refractivity contribution is 7.92. The number of carbonyl (C=O) groups is 2. The van der Waals surface area contributed by atoms with Crippen molar-refractivity contribution < 1.29 is 27.1 Å². The minimum atomic E-state index is -4.12. The summed E-state index contributed by atoms with van der Waals surface area (Å²) in [5.74, 6) is -1.42. The normalized spacial score (nSPS) is 13.2. The van der Waals surface area contributed by atoms with Crippen LogP contribution in [-0.2, 0) is 24.3 Å². The lowest BCUT2D eigenvalue weighted by Gasteiger charge is -2.31. The zero-order valence-corrected chi connectivity index (χ0v) is 21.9. The minimum absolute atomic E-state index is 0.0126. The molecular formula is C25H32ClFN2O5S. The Hall–Kier alpha value is -2.65. The molecule has 1 amide bonds. The number of anilines is 1. The average molecular weight is 527 g/mol. The Labute approximate surface area is 211 Å². The number of hydrogen-bond donors (Lipinski definition) is 1. The summed E-state index contributed by atoms with van der Waals surface area (Å²) in [6.07, 6.45) is 1.07. The van der Waals surface area contributed by atoms with E-state index in [0.29, 0.717) is 12.8 Å². The predicted molar refractivity (Wildman–Crippen MR) is 134 cm³/mol. The molecule has 35 heavy (non-hydrogen) atoms. The lowest BCUT2D eigenvalue weighted by Crippen LogP contribution is -2.42. The summed E-state index contributed by atoms with van der Waals surface area (Å²) < 4.78 is 47.5. The molecule has 2 unspecified atom stereocenters. The van der Waals surface area contributed by atoms with E-state index in [0.717, 1.165) is 10.4 Å². The molecule has 0 aromatic heterocycles. The second kappa shape index (κ2) is 12.9. The van der Waals surface area contributed by atoms with Crippen LogP contribution in [0, 0.1) is 11.7 Å². The quantitative estimate of drug-likeness (QED) is 0.395. The Balaban J connectivity index is 2.19. The number of benzene rings is 2. The number of ether oxygens (including phenoxy) is 1. The summed E-state index contributed by atoms with van der Waals surface area (Å²) in [6.45, 7) is 5.51. The molecule has 10 heteroatoms. The number of carbonyl (C=O) groups excluding carboxylic acids is 2. The lowest BCUT2D eigenvalue weighted by atomic mass is 10.0. The Morgan fingerprint density at radius 3 is 2.37 bits per heavy atom. The van der Waals surface area contributed by atoms with Crippen molar-refractivity contribution in [1.82, 2.24) is 5.32 Å². The molecule has 0 spiro atoms. The Bertz CT molecular complexity index is 1110. The van der Waals surface area contributed by atoms with Crippen molar-refractivity contribution in [2.75, 3.05) is 11.4 Å². The lowest BCUT2D eigenvalue weighted by molar-refractivity contribution is -0.145. The van der Waals surface area contributed by atoms with Gasteiger partial charge in [0.05, 0.1) is 17.7 Å². The van der Waals surface area contributed by atoms with Gasteiger partial charge in [0.1, 0.15) is 11.9 Å². The monoisotopic (exact) mass is 526 g/mol. The Morgan fingerprint density at radius 1 is 1.11 bits per heavy atom. The van der Waals surface area contributed by atoms with Crippen LogP contribution in [0.1, 0.15) is 46.5 Å².